The highest BCUT2D eigenvalue weighted by atomic mass is 16.2. The minimum Gasteiger partial charge on any atom is -0.355 e. The number of aliphatic imine (C=N–C) groups is 1. The van der Waals surface area contributed by atoms with E-state index in [1.807, 2.05) is 25.6 Å². The average molecular weight is 391 g/mol. The van der Waals surface area contributed by atoms with Crippen LogP contribution >= 0.6 is 0 Å². The van der Waals surface area contributed by atoms with Crippen molar-refractivity contribution in [2.24, 2.45) is 12.0 Å². The van der Waals surface area contributed by atoms with Crippen LogP contribution in [0.1, 0.15) is 44.3 Å². The largest absolute Gasteiger partial charge is 0.355 e. The van der Waals surface area contributed by atoms with Crippen LogP contribution in [-0.4, -0.2) is 81.7 Å². The SMILES string of the molecule is CCN1CCCC1CNC(=NCc1nnc(C)n1C)NC1CCC(=O)N(C)C1. The first-order valence-corrected chi connectivity index (χ1v) is 10.4. The van der Waals surface area contributed by atoms with Gasteiger partial charge in [0.15, 0.2) is 11.8 Å². The van der Waals surface area contributed by atoms with Gasteiger partial charge in [-0.2, -0.15) is 0 Å². The molecule has 0 saturated carbocycles. The molecule has 2 saturated heterocycles. The van der Waals surface area contributed by atoms with E-state index in [1.54, 1.807) is 4.90 Å². The lowest BCUT2D eigenvalue weighted by Crippen LogP contribution is -2.53. The lowest BCUT2D eigenvalue weighted by atomic mass is 10.1. The number of nitrogens with one attached hydrogen (secondary N) is 2. The van der Waals surface area contributed by atoms with Crippen molar-refractivity contribution >= 4 is 11.9 Å². The predicted octanol–water partition coefficient (Wildman–Crippen LogP) is 0.264. The second kappa shape index (κ2) is 9.36. The number of piperidine rings is 1. The number of guanidine groups is 1. The summed E-state index contributed by atoms with van der Waals surface area (Å²) in [5.74, 6) is 2.72. The Hall–Kier alpha value is -2.16. The van der Waals surface area contributed by atoms with E-state index >= 15 is 0 Å². The molecule has 0 aromatic carbocycles. The number of rotatable bonds is 6. The molecule has 2 fully saturated rings. The Kier molecular flexibility index (Phi) is 6.88. The first-order chi connectivity index (χ1) is 13.5. The molecule has 3 rings (SSSR count). The van der Waals surface area contributed by atoms with E-state index in [1.165, 1.54) is 19.4 Å². The number of carbonyl (C=O) groups excluding carboxylic acids is 1. The molecule has 1 aromatic rings. The number of hydrogen-bond donors (Lipinski definition) is 2. The number of nitrogens with zero attached hydrogens (tertiary/aromatic N) is 6. The van der Waals surface area contributed by atoms with Gasteiger partial charge in [0.25, 0.3) is 0 Å². The lowest BCUT2D eigenvalue weighted by Gasteiger charge is -2.32. The third-order valence-electron chi connectivity index (χ3n) is 5.94. The fourth-order valence-corrected chi connectivity index (χ4v) is 3.97. The quantitative estimate of drug-likeness (QED) is 0.535. The van der Waals surface area contributed by atoms with Crippen LogP contribution in [0.3, 0.4) is 0 Å². The van der Waals surface area contributed by atoms with E-state index in [4.69, 9.17) is 4.99 Å². The summed E-state index contributed by atoms with van der Waals surface area (Å²) in [6, 6.07) is 0.755. The molecule has 2 unspecified atom stereocenters. The van der Waals surface area contributed by atoms with Gasteiger partial charge in [0, 0.05) is 45.7 Å². The molecule has 9 heteroatoms. The van der Waals surface area contributed by atoms with Crippen LogP contribution in [0.5, 0.6) is 0 Å². The first kappa shape index (κ1) is 20.6. The Bertz CT molecular complexity index is 700. The average Bonchev–Trinajstić information content (AvgIpc) is 3.27. The molecule has 3 heterocycles. The van der Waals surface area contributed by atoms with Crippen LogP contribution in [0.2, 0.25) is 0 Å². The standard InChI is InChI=1S/C19H34N8O/c1-5-27-10-6-7-16(27)11-20-19(21-12-17-24-23-14(2)26(17)4)22-15-8-9-18(28)25(3)13-15/h15-16H,5-13H2,1-4H3,(H2,20,21,22). The number of likely N-dealkylation sites (N-methyl/N-ethyl adjacent to an activating group) is 2. The highest BCUT2D eigenvalue weighted by molar-refractivity contribution is 5.81. The van der Waals surface area contributed by atoms with Crippen molar-refractivity contribution in [2.45, 2.75) is 58.2 Å². The summed E-state index contributed by atoms with van der Waals surface area (Å²) in [5.41, 5.74) is 0. The molecule has 0 bridgehead atoms. The Morgan fingerprint density at radius 1 is 1.29 bits per heavy atom. The summed E-state index contributed by atoms with van der Waals surface area (Å²) in [5, 5.41) is 15.4. The zero-order valence-corrected chi connectivity index (χ0v) is 17.6. The van der Waals surface area contributed by atoms with Crippen molar-refractivity contribution < 1.29 is 4.79 Å². The highest BCUT2D eigenvalue weighted by Gasteiger charge is 2.25. The van der Waals surface area contributed by atoms with Crippen LogP contribution in [0.4, 0.5) is 0 Å². The van der Waals surface area contributed by atoms with Crippen molar-refractivity contribution in [3.63, 3.8) is 0 Å². The Labute approximate surface area is 167 Å². The molecule has 2 aliphatic heterocycles. The number of carbonyl (C=O) groups is 1. The molecule has 1 amide bonds. The monoisotopic (exact) mass is 390 g/mol. The summed E-state index contributed by atoms with van der Waals surface area (Å²) in [6.45, 7) is 8.46. The molecule has 2 aliphatic rings. The minimum absolute atomic E-state index is 0.209. The topological polar surface area (TPSA) is 90.7 Å². The maximum absolute atomic E-state index is 11.8. The fraction of sp³-hybridized carbons (Fsp3) is 0.789. The van der Waals surface area contributed by atoms with Gasteiger partial charge in [-0.25, -0.2) is 4.99 Å². The van der Waals surface area contributed by atoms with Gasteiger partial charge in [0.1, 0.15) is 12.4 Å². The van der Waals surface area contributed by atoms with Crippen molar-refractivity contribution in [1.82, 2.24) is 35.2 Å². The first-order valence-electron chi connectivity index (χ1n) is 10.4. The third kappa shape index (κ3) is 5.01. The van der Waals surface area contributed by atoms with E-state index in [0.717, 1.165) is 37.1 Å². The van der Waals surface area contributed by atoms with Crippen molar-refractivity contribution in [3.05, 3.63) is 11.6 Å². The third-order valence-corrected chi connectivity index (χ3v) is 5.94. The van der Waals surface area contributed by atoms with Gasteiger partial charge >= 0.3 is 0 Å². The molecule has 9 nitrogen and oxygen atoms in total. The summed E-state index contributed by atoms with van der Waals surface area (Å²) >= 11 is 0. The van der Waals surface area contributed by atoms with Crippen LogP contribution in [0.25, 0.3) is 0 Å². The summed E-state index contributed by atoms with van der Waals surface area (Å²) in [7, 11) is 3.82. The normalized spacial score (nSPS) is 24.1. The van der Waals surface area contributed by atoms with Gasteiger partial charge < -0.3 is 20.1 Å². The summed E-state index contributed by atoms with van der Waals surface area (Å²) < 4.78 is 1.96. The van der Waals surface area contributed by atoms with E-state index in [0.29, 0.717) is 25.6 Å². The van der Waals surface area contributed by atoms with Crippen molar-refractivity contribution in [2.75, 3.05) is 33.2 Å². The smallest absolute Gasteiger partial charge is 0.222 e. The number of aromatic nitrogens is 3. The number of amides is 1. The van der Waals surface area contributed by atoms with Gasteiger partial charge in [-0.1, -0.05) is 6.92 Å². The lowest BCUT2D eigenvalue weighted by molar-refractivity contribution is -0.132. The summed E-state index contributed by atoms with van der Waals surface area (Å²) in [6.07, 6.45) is 3.89. The number of aryl methyl sites for hydroxylation is 1. The molecular formula is C19H34N8O. The molecule has 0 spiro atoms. The van der Waals surface area contributed by atoms with Crippen molar-refractivity contribution in [1.29, 1.82) is 0 Å². The second-order valence-electron chi connectivity index (χ2n) is 7.85. The maximum Gasteiger partial charge on any atom is 0.222 e. The van der Waals surface area contributed by atoms with Crippen LogP contribution in [0.15, 0.2) is 4.99 Å². The molecule has 28 heavy (non-hydrogen) atoms. The van der Waals surface area contributed by atoms with Gasteiger partial charge in [-0.15, -0.1) is 10.2 Å². The van der Waals surface area contributed by atoms with E-state index in [9.17, 15) is 4.79 Å². The molecule has 156 valence electrons. The van der Waals surface area contributed by atoms with E-state index in [-0.39, 0.29) is 11.9 Å². The molecule has 0 aliphatic carbocycles. The van der Waals surface area contributed by atoms with Crippen molar-refractivity contribution in [3.8, 4) is 0 Å². The Morgan fingerprint density at radius 3 is 2.79 bits per heavy atom. The van der Waals surface area contributed by atoms with Crippen LogP contribution in [0, 0.1) is 6.92 Å². The molecule has 0 radical (unpaired) electrons. The number of likely N-dealkylation sites (tertiary alicyclic amines) is 2. The van der Waals surface area contributed by atoms with Crippen LogP contribution < -0.4 is 10.6 Å². The zero-order chi connectivity index (χ0) is 20.1. The zero-order valence-electron chi connectivity index (χ0n) is 17.6. The fourth-order valence-electron chi connectivity index (χ4n) is 3.97. The van der Waals surface area contributed by atoms with Gasteiger partial charge in [0.05, 0.1) is 0 Å². The van der Waals surface area contributed by atoms with Gasteiger partial charge in [-0.05, 0) is 39.3 Å². The molecule has 2 N–H and O–H groups in total. The van der Waals surface area contributed by atoms with E-state index in [2.05, 4.69) is 32.7 Å². The predicted molar refractivity (Wildman–Crippen MR) is 109 cm³/mol. The Balaban J connectivity index is 1.65. The number of hydrogen-bond acceptors (Lipinski definition) is 5. The maximum atomic E-state index is 11.8. The molecule has 2 atom stereocenters. The molecular weight excluding hydrogens is 356 g/mol. The molecule has 1 aromatic heterocycles. The Morgan fingerprint density at radius 2 is 2.11 bits per heavy atom. The van der Waals surface area contributed by atoms with Crippen LogP contribution in [-0.2, 0) is 18.4 Å². The van der Waals surface area contributed by atoms with Gasteiger partial charge in [-0.3, -0.25) is 9.69 Å². The minimum atomic E-state index is 0.209. The second-order valence-corrected chi connectivity index (χ2v) is 7.85. The highest BCUT2D eigenvalue weighted by Crippen LogP contribution is 2.15. The van der Waals surface area contributed by atoms with Gasteiger partial charge in [0.2, 0.25) is 5.91 Å². The summed E-state index contributed by atoms with van der Waals surface area (Å²) in [4.78, 5) is 20.9. The van der Waals surface area contributed by atoms with E-state index < -0.39 is 0 Å².